The van der Waals surface area contributed by atoms with E-state index < -0.39 is 42.0 Å². The highest BCUT2D eigenvalue weighted by Crippen LogP contribution is 2.37. The number of unbranched alkanes of at least 4 members (excludes halogenated alkanes) is 2. The number of nitrogens with one attached hydrogen (secondary N) is 6. The predicted octanol–water partition coefficient (Wildman–Crippen LogP) is 3.64. The number of urea groups is 1. The third-order valence-corrected chi connectivity index (χ3v) is 13.4. The maximum Gasteiger partial charge on any atom is 0.408 e. The van der Waals surface area contributed by atoms with Crippen LogP contribution in [0.15, 0.2) is 65.2 Å². The van der Waals surface area contributed by atoms with Crippen molar-refractivity contribution in [2.45, 2.75) is 114 Å². The van der Waals surface area contributed by atoms with Crippen LogP contribution < -0.4 is 31.9 Å². The number of halogens is 2. The number of hydrogen-bond donors (Lipinski definition) is 7. The number of hydrogen-bond acceptors (Lipinski definition) is 16. The zero-order chi connectivity index (χ0) is 51.5. The van der Waals surface area contributed by atoms with Gasteiger partial charge in [0.2, 0.25) is 11.8 Å². The standard InChI is InChI=1S/C48H65ClFN11O10S/c1-48(2,3)71-47(67)56-35(8-6-7-15-52-40(64)10-5-4-9-39-43-37(29-72-39)55-46(66)58-43)45(65)53-18-20-68-22-23-69-21-19-61-25-32(59-60-61)27-70-28-36-41(38(63)26-62)42(33-12-11-31(50)24-34(33)49)57-44(54-36)30-13-16-51-17-14-30/h11-14,16-17,24-25,35,37,39,42-43,62H,4-10,15,18-23,26-29H2,1-3H3,(H,52,64)(H,53,65)(H,54,57)(H,56,67)(H2,55,58,66)/t35-,37-,39-,42?,43-/m0/s1. The lowest BCUT2D eigenvalue weighted by Gasteiger charge is -2.28. The summed E-state index contributed by atoms with van der Waals surface area (Å²) in [5.74, 6) is -0.253. The van der Waals surface area contributed by atoms with Crippen molar-refractivity contribution in [3.63, 3.8) is 0 Å². The number of fused-ring (bicyclic) bond motifs is 1. The van der Waals surface area contributed by atoms with Crippen molar-refractivity contribution in [2.24, 2.45) is 4.99 Å². The maximum absolute atomic E-state index is 14.0. The van der Waals surface area contributed by atoms with Gasteiger partial charge in [0.1, 0.15) is 41.6 Å². The highest BCUT2D eigenvalue weighted by molar-refractivity contribution is 8.00. The summed E-state index contributed by atoms with van der Waals surface area (Å²) in [5, 5.41) is 36.2. The second-order valence-electron chi connectivity index (χ2n) is 18.3. The van der Waals surface area contributed by atoms with Crippen molar-refractivity contribution in [3.8, 4) is 0 Å². The van der Waals surface area contributed by atoms with Gasteiger partial charge in [-0.05, 0) is 77.1 Å². The van der Waals surface area contributed by atoms with E-state index in [1.807, 2.05) is 11.8 Å². The fourth-order valence-electron chi connectivity index (χ4n) is 8.13. The van der Waals surface area contributed by atoms with E-state index in [1.54, 1.807) is 56.2 Å². The first kappa shape index (κ1) is 55.6. The third-order valence-electron chi connectivity index (χ3n) is 11.6. The number of aromatic nitrogens is 4. The molecule has 5 amide bonds. The molecule has 3 aliphatic heterocycles. The first-order valence-electron chi connectivity index (χ1n) is 24.1. The van der Waals surface area contributed by atoms with E-state index in [4.69, 9.17) is 35.5 Å². The van der Waals surface area contributed by atoms with Gasteiger partial charge in [-0.15, -0.1) is 5.10 Å². The van der Waals surface area contributed by atoms with E-state index in [1.165, 1.54) is 12.1 Å². The second kappa shape index (κ2) is 27.9. The Bertz CT molecular complexity index is 2370. The molecule has 1 aromatic carbocycles. The molecule has 0 bridgehead atoms. The largest absolute Gasteiger partial charge is 0.444 e. The van der Waals surface area contributed by atoms with Gasteiger partial charge in [-0.25, -0.2) is 18.7 Å². The molecule has 0 aliphatic carbocycles. The molecule has 24 heteroatoms. The van der Waals surface area contributed by atoms with Gasteiger partial charge in [-0.2, -0.15) is 11.8 Å². The number of thioether (sulfide) groups is 1. The molecule has 6 rings (SSSR count). The minimum absolute atomic E-state index is 0.0272. The van der Waals surface area contributed by atoms with Crippen molar-refractivity contribution in [2.75, 3.05) is 58.5 Å². The van der Waals surface area contributed by atoms with E-state index in [2.05, 4.69) is 47.2 Å². The summed E-state index contributed by atoms with van der Waals surface area (Å²) in [5.41, 5.74) is 1.27. The molecular formula is C48H65ClFN11O10S. The SMILES string of the molecule is CC(C)(C)OC(=O)N[C@@H](CCCCNC(=O)CCCC[C@@H]1SC[C@@H]2NC(=O)N[C@@H]21)C(=O)NCCOCCOCCn1cc(COCC2=C(C(=O)CO)C(c3ccc(F)cc3Cl)N=C(c3ccncc3)N2)nn1. The normalized spacial score (nSPS) is 18.9. The Morgan fingerprint density at radius 2 is 1.76 bits per heavy atom. The predicted molar refractivity (Wildman–Crippen MR) is 265 cm³/mol. The number of rotatable bonds is 29. The van der Waals surface area contributed by atoms with Crippen LogP contribution in [0.25, 0.3) is 0 Å². The molecule has 2 aromatic heterocycles. The average Bonchev–Trinajstić information content (AvgIpc) is 4.07. The third kappa shape index (κ3) is 17.5. The van der Waals surface area contributed by atoms with Crippen molar-refractivity contribution in [3.05, 3.63) is 87.9 Å². The Balaban J connectivity index is 0.851. The van der Waals surface area contributed by atoms with Crippen LogP contribution in [0.1, 0.15) is 88.6 Å². The smallest absolute Gasteiger partial charge is 0.408 e. The molecule has 1 unspecified atom stereocenters. The summed E-state index contributed by atoms with van der Waals surface area (Å²) in [6, 6.07) is 5.73. The second-order valence-corrected chi connectivity index (χ2v) is 20.0. The molecule has 0 radical (unpaired) electrons. The summed E-state index contributed by atoms with van der Waals surface area (Å²) in [7, 11) is 0. The number of pyridine rings is 1. The van der Waals surface area contributed by atoms with Gasteiger partial charge in [-0.3, -0.25) is 24.4 Å². The molecule has 392 valence electrons. The van der Waals surface area contributed by atoms with Gasteiger partial charge < -0.3 is 56.0 Å². The summed E-state index contributed by atoms with van der Waals surface area (Å²) in [6.45, 7) is 6.45. The van der Waals surface area contributed by atoms with Crippen LogP contribution in [0, 0.1) is 5.82 Å². The number of ketones is 1. The molecule has 21 nitrogen and oxygen atoms in total. The highest BCUT2D eigenvalue weighted by Gasteiger charge is 2.42. The Hall–Kier alpha value is -5.72. The van der Waals surface area contributed by atoms with Crippen LogP contribution in [-0.4, -0.2) is 148 Å². The number of amides is 5. The number of carbonyl (C=O) groups is 5. The average molecular weight is 1040 g/mol. The van der Waals surface area contributed by atoms with Gasteiger partial charge in [-0.1, -0.05) is 29.3 Å². The lowest BCUT2D eigenvalue weighted by molar-refractivity contribution is -0.124. The minimum atomic E-state index is -0.961. The number of aliphatic imine (C=N–C) groups is 1. The number of aliphatic hydroxyl groups is 1. The Morgan fingerprint density at radius 1 is 0.972 bits per heavy atom. The van der Waals surface area contributed by atoms with Gasteiger partial charge in [0.25, 0.3) is 0 Å². The van der Waals surface area contributed by atoms with E-state index in [0.29, 0.717) is 79.0 Å². The highest BCUT2D eigenvalue weighted by atomic mass is 35.5. The van der Waals surface area contributed by atoms with Crippen LogP contribution in [0.5, 0.6) is 0 Å². The molecule has 5 atom stereocenters. The molecule has 2 saturated heterocycles. The van der Waals surface area contributed by atoms with Gasteiger partial charge in [0.15, 0.2) is 5.78 Å². The number of amidine groups is 1. The number of carbonyl (C=O) groups excluding carboxylic acids is 5. The molecular weight excluding hydrogens is 977 g/mol. The van der Waals surface area contributed by atoms with Gasteiger partial charge in [0, 0.05) is 64.6 Å². The molecule has 5 heterocycles. The van der Waals surface area contributed by atoms with Crippen LogP contribution in [-0.2, 0) is 46.5 Å². The molecule has 0 spiro atoms. The topological polar surface area (TPSA) is 271 Å². The van der Waals surface area contributed by atoms with E-state index in [9.17, 15) is 33.5 Å². The molecule has 3 aromatic rings. The van der Waals surface area contributed by atoms with E-state index in [0.717, 1.165) is 31.1 Å². The monoisotopic (exact) mass is 1040 g/mol. The number of aliphatic hydroxyl groups excluding tert-OH is 1. The number of benzene rings is 1. The Labute approximate surface area is 426 Å². The summed E-state index contributed by atoms with van der Waals surface area (Å²) < 4.78 is 38.3. The number of alkyl carbamates (subject to hydrolysis) is 1. The van der Waals surface area contributed by atoms with Crippen molar-refractivity contribution < 1.29 is 52.4 Å². The van der Waals surface area contributed by atoms with Crippen molar-refractivity contribution >= 4 is 58.9 Å². The van der Waals surface area contributed by atoms with Crippen LogP contribution in [0.4, 0.5) is 14.0 Å². The summed E-state index contributed by atoms with van der Waals surface area (Å²) in [4.78, 5) is 71.8. The maximum atomic E-state index is 14.0. The number of Topliss-reactive ketones (excluding diaryl/α,β-unsaturated/α-hetero) is 1. The van der Waals surface area contributed by atoms with E-state index in [-0.39, 0.29) is 80.1 Å². The quantitative estimate of drug-likeness (QED) is 0.0387. The minimum Gasteiger partial charge on any atom is -0.444 e. The number of ether oxygens (including phenoxy) is 4. The van der Waals surface area contributed by atoms with E-state index >= 15 is 0 Å². The molecule has 72 heavy (non-hydrogen) atoms. The van der Waals surface area contributed by atoms with Crippen LogP contribution >= 0.6 is 23.4 Å². The summed E-state index contributed by atoms with van der Waals surface area (Å²) >= 11 is 8.30. The fourth-order valence-corrected chi connectivity index (χ4v) is 9.94. The Kier molecular flexibility index (Phi) is 21.6. The molecule has 7 N–H and O–H groups in total. The molecule has 0 saturated carbocycles. The molecule has 3 aliphatic rings. The van der Waals surface area contributed by atoms with Crippen LogP contribution in [0.3, 0.4) is 0 Å². The first-order valence-corrected chi connectivity index (χ1v) is 25.5. The Morgan fingerprint density at radius 3 is 2.53 bits per heavy atom. The number of nitrogens with zero attached hydrogens (tertiary/aromatic N) is 5. The first-order chi connectivity index (χ1) is 34.7. The summed E-state index contributed by atoms with van der Waals surface area (Å²) in [6.07, 6.45) is 8.75. The fraction of sp³-hybridized carbons (Fsp3) is 0.562. The lowest BCUT2D eigenvalue weighted by Crippen LogP contribution is -2.48. The zero-order valence-corrected chi connectivity index (χ0v) is 42.3. The zero-order valence-electron chi connectivity index (χ0n) is 40.8. The van der Waals surface area contributed by atoms with Gasteiger partial charge >= 0.3 is 12.1 Å². The van der Waals surface area contributed by atoms with Crippen LogP contribution in [0.2, 0.25) is 5.02 Å². The van der Waals surface area contributed by atoms with Crippen molar-refractivity contribution in [1.82, 2.24) is 51.9 Å². The van der Waals surface area contributed by atoms with Gasteiger partial charge in [0.05, 0.1) is 70.2 Å². The molecule has 2 fully saturated rings. The van der Waals surface area contributed by atoms with Crippen molar-refractivity contribution in [1.29, 1.82) is 0 Å². The lowest BCUT2D eigenvalue weighted by atomic mass is 9.92.